The summed E-state index contributed by atoms with van der Waals surface area (Å²) in [6.07, 6.45) is 6.39. The number of benzene rings is 1. The first kappa shape index (κ1) is 19.4. The van der Waals surface area contributed by atoms with E-state index in [1.165, 1.54) is 12.8 Å². The van der Waals surface area contributed by atoms with Gasteiger partial charge in [-0.25, -0.2) is 9.67 Å². The third-order valence-corrected chi connectivity index (χ3v) is 5.66. The molecular formula is C22H27N5O2. The number of hydrogen-bond donors (Lipinski definition) is 0. The number of carbonyl (C=O) groups is 1. The lowest BCUT2D eigenvalue weighted by molar-refractivity contribution is -0.131. The molecule has 0 unspecified atom stereocenters. The SMILES string of the molecule is Cc1ccc(-n2ncc3c(=O)n(CCC(=O)N4CCCCCC4)c(C)nc32)cc1. The second kappa shape index (κ2) is 8.19. The highest BCUT2D eigenvalue weighted by molar-refractivity contribution is 5.77. The Bertz CT molecular complexity index is 1070. The van der Waals surface area contributed by atoms with Gasteiger partial charge in [0.05, 0.1) is 11.9 Å². The van der Waals surface area contributed by atoms with E-state index in [4.69, 9.17) is 0 Å². The first-order chi connectivity index (χ1) is 14.0. The molecule has 0 aliphatic carbocycles. The maximum atomic E-state index is 13.0. The van der Waals surface area contributed by atoms with Crippen LogP contribution in [0.15, 0.2) is 35.3 Å². The van der Waals surface area contributed by atoms with Gasteiger partial charge in [-0.2, -0.15) is 5.10 Å². The van der Waals surface area contributed by atoms with Crippen molar-refractivity contribution in [3.05, 3.63) is 52.2 Å². The topological polar surface area (TPSA) is 73.0 Å². The van der Waals surface area contributed by atoms with Crippen LogP contribution >= 0.6 is 0 Å². The van der Waals surface area contributed by atoms with Gasteiger partial charge in [0.2, 0.25) is 5.91 Å². The lowest BCUT2D eigenvalue weighted by atomic mass is 10.2. The highest BCUT2D eigenvalue weighted by Gasteiger charge is 2.18. The van der Waals surface area contributed by atoms with E-state index in [-0.39, 0.29) is 11.5 Å². The van der Waals surface area contributed by atoms with Gasteiger partial charge in [0, 0.05) is 26.1 Å². The summed E-state index contributed by atoms with van der Waals surface area (Å²) in [5.74, 6) is 0.716. The fourth-order valence-corrected chi connectivity index (χ4v) is 3.93. The Balaban J connectivity index is 1.58. The van der Waals surface area contributed by atoms with E-state index in [2.05, 4.69) is 10.1 Å². The fraction of sp³-hybridized carbons (Fsp3) is 0.455. The molecule has 1 aliphatic heterocycles. The highest BCUT2D eigenvalue weighted by Crippen LogP contribution is 2.16. The van der Waals surface area contributed by atoms with E-state index < -0.39 is 0 Å². The standard InChI is InChI=1S/C22H27N5O2/c1-16-7-9-18(10-8-16)27-21-19(15-23-27)22(29)26(17(2)24-21)14-11-20(28)25-12-5-3-4-6-13-25/h7-10,15H,3-6,11-14H2,1-2H3. The van der Waals surface area contributed by atoms with Crippen LogP contribution in [0.4, 0.5) is 0 Å². The monoisotopic (exact) mass is 393 g/mol. The van der Waals surface area contributed by atoms with Crippen molar-refractivity contribution < 1.29 is 4.79 Å². The molecular weight excluding hydrogens is 366 g/mol. The largest absolute Gasteiger partial charge is 0.343 e. The van der Waals surface area contributed by atoms with Gasteiger partial charge in [0.25, 0.3) is 5.56 Å². The van der Waals surface area contributed by atoms with Gasteiger partial charge < -0.3 is 4.90 Å². The summed E-state index contributed by atoms with van der Waals surface area (Å²) < 4.78 is 3.29. The Morgan fingerprint density at radius 3 is 2.41 bits per heavy atom. The van der Waals surface area contributed by atoms with E-state index >= 15 is 0 Å². The zero-order valence-corrected chi connectivity index (χ0v) is 17.1. The summed E-state index contributed by atoms with van der Waals surface area (Å²) >= 11 is 0. The van der Waals surface area contributed by atoms with Crippen molar-refractivity contribution >= 4 is 16.9 Å². The Labute approximate surface area is 170 Å². The molecule has 0 bridgehead atoms. The first-order valence-corrected chi connectivity index (χ1v) is 10.3. The van der Waals surface area contributed by atoms with Gasteiger partial charge in [-0.3, -0.25) is 14.2 Å². The van der Waals surface area contributed by atoms with Crippen molar-refractivity contribution in [3.8, 4) is 5.69 Å². The molecule has 1 saturated heterocycles. The molecule has 3 aromatic rings. The molecule has 0 radical (unpaired) electrons. The fourth-order valence-electron chi connectivity index (χ4n) is 3.93. The summed E-state index contributed by atoms with van der Waals surface area (Å²) in [7, 11) is 0. The average Bonchev–Trinajstić information content (AvgIpc) is 2.94. The summed E-state index contributed by atoms with van der Waals surface area (Å²) in [5.41, 5.74) is 2.43. The molecule has 1 fully saturated rings. The number of amides is 1. The van der Waals surface area contributed by atoms with Gasteiger partial charge in [-0.1, -0.05) is 30.5 Å². The number of rotatable bonds is 4. The van der Waals surface area contributed by atoms with Crippen molar-refractivity contribution in [3.63, 3.8) is 0 Å². The second-order valence-electron chi connectivity index (χ2n) is 7.79. The van der Waals surface area contributed by atoms with Crippen molar-refractivity contribution in [2.45, 2.75) is 52.5 Å². The third-order valence-electron chi connectivity index (χ3n) is 5.66. The summed E-state index contributed by atoms with van der Waals surface area (Å²) in [4.78, 5) is 32.2. The molecule has 0 saturated carbocycles. The van der Waals surface area contributed by atoms with Gasteiger partial charge in [-0.05, 0) is 38.8 Å². The normalized spacial score (nSPS) is 14.9. The first-order valence-electron chi connectivity index (χ1n) is 10.3. The van der Waals surface area contributed by atoms with Crippen LogP contribution in [0.25, 0.3) is 16.7 Å². The number of aryl methyl sites for hydroxylation is 2. The molecule has 2 aromatic heterocycles. The van der Waals surface area contributed by atoms with Crippen LogP contribution in [-0.4, -0.2) is 43.2 Å². The number of fused-ring (bicyclic) bond motifs is 1. The summed E-state index contributed by atoms with van der Waals surface area (Å²) in [5, 5.41) is 4.85. The van der Waals surface area contributed by atoms with Crippen LogP contribution in [0.5, 0.6) is 0 Å². The van der Waals surface area contributed by atoms with Crippen LogP contribution in [0.2, 0.25) is 0 Å². The van der Waals surface area contributed by atoms with E-state index in [0.29, 0.717) is 29.8 Å². The predicted octanol–water partition coefficient (Wildman–Crippen LogP) is 2.99. The van der Waals surface area contributed by atoms with E-state index in [1.807, 2.05) is 43.0 Å². The number of likely N-dealkylation sites (tertiary alicyclic amines) is 1. The highest BCUT2D eigenvalue weighted by atomic mass is 16.2. The average molecular weight is 393 g/mol. The Kier molecular flexibility index (Phi) is 5.47. The Hall–Kier alpha value is -2.96. The Morgan fingerprint density at radius 1 is 1.03 bits per heavy atom. The minimum absolute atomic E-state index is 0.119. The number of hydrogen-bond acceptors (Lipinski definition) is 4. The maximum Gasteiger partial charge on any atom is 0.264 e. The van der Waals surface area contributed by atoms with E-state index in [9.17, 15) is 9.59 Å². The number of carbonyl (C=O) groups excluding carboxylic acids is 1. The van der Waals surface area contributed by atoms with Crippen LogP contribution in [0, 0.1) is 13.8 Å². The zero-order valence-electron chi connectivity index (χ0n) is 17.1. The molecule has 1 aromatic carbocycles. The van der Waals surface area contributed by atoms with Gasteiger partial charge in [0.15, 0.2) is 5.65 Å². The molecule has 1 aliphatic rings. The van der Waals surface area contributed by atoms with Crippen molar-refractivity contribution in [1.29, 1.82) is 0 Å². The smallest absolute Gasteiger partial charge is 0.264 e. The molecule has 0 spiro atoms. The zero-order chi connectivity index (χ0) is 20.4. The van der Waals surface area contributed by atoms with Crippen LogP contribution in [0.3, 0.4) is 0 Å². The number of nitrogens with zero attached hydrogens (tertiary/aromatic N) is 5. The molecule has 4 rings (SSSR count). The van der Waals surface area contributed by atoms with E-state index in [0.717, 1.165) is 37.2 Å². The van der Waals surface area contributed by atoms with E-state index in [1.54, 1.807) is 15.4 Å². The van der Waals surface area contributed by atoms with Crippen molar-refractivity contribution in [2.75, 3.05) is 13.1 Å². The van der Waals surface area contributed by atoms with Gasteiger partial charge in [-0.15, -0.1) is 0 Å². The summed E-state index contributed by atoms with van der Waals surface area (Å²) in [6, 6.07) is 7.94. The minimum Gasteiger partial charge on any atom is -0.343 e. The lowest BCUT2D eigenvalue weighted by Gasteiger charge is -2.20. The quantitative estimate of drug-likeness (QED) is 0.683. The van der Waals surface area contributed by atoms with Crippen LogP contribution < -0.4 is 5.56 Å². The van der Waals surface area contributed by atoms with Crippen molar-refractivity contribution in [2.24, 2.45) is 0 Å². The maximum absolute atomic E-state index is 13.0. The lowest BCUT2D eigenvalue weighted by Crippen LogP contribution is -2.34. The van der Waals surface area contributed by atoms with Crippen LogP contribution in [-0.2, 0) is 11.3 Å². The van der Waals surface area contributed by atoms with Crippen LogP contribution in [0.1, 0.15) is 43.5 Å². The minimum atomic E-state index is -0.144. The van der Waals surface area contributed by atoms with Gasteiger partial charge >= 0.3 is 0 Å². The third kappa shape index (κ3) is 3.95. The molecule has 3 heterocycles. The van der Waals surface area contributed by atoms with Crippen molar-refractivity contribution in [1.82, 2.24) is 24.2 Å². The molecule has 0 N–H and O–H groups in total. The molecule has 29 heavy (non-hydrogen) atoms. The second-order valence-corrected chi connectivity index (χ2v) is 7.79. The molecule has 1 amide bonds. The summed E-state index contributed by atoms with van der Waals surface area (Å²) in [6.45, 7) is 5.84. The molecule has 0 atom stereocenters. The van der Waals surface area contributed by atoms with Gasteiger partial charge in [0.1, 0.15) is 11.2 Å². The predicted molar refractivity (Wildman–Crippen MR) is 112 cm³/mol. The Morgan fingerprint density at radius 2 is 1.72 bits per heavy atom. The molecule has 7 heteroatoms. The number of aromatic nitrogens is 4. The molecule has 152 valence electrons. The molecule has 7 nitrogen and oxygen atoms in total.